The van der Waals surface area contributed by atoms with Crippen LogP contribution in [0.2, 0.25) is 10.0 Å². The maximum Gasteiger partial charge on any atom is 0.252 e. The van der Waals surface area contributed by atoms with E-state index < -0.39 is 0 Å². The molecule has 1 aromatic rings. The molecule has 1 saturated carbocycles. The summed E-state index contributed by atoms with van der Waals surface area (Å²) < 4.78 is 0. The number of alkyl halides is 1. The lowest BCUT2D eigenvalue weighted by Crippen LogP contribution is -2.34. The molecule has 0 saturated heterocycles. The van der Waals surface area contributed by atoms with Crippen LogP contribution in [0, 0.1) is 5.92 Å². The molecule has 1 N–H and O–H groups in total. The van der Waals surface area contributed by atoms with Crippen LogP contribution in [-0.2, 0) is 0 Å². The van der Waals surface area contributed by atoms with Crippen molar-refractivity contribution >= 4 is 45.0 Å². The third-order valence-electron chi connectivity index (χ3n) is 3.51. The molecule has 0 heterocycles. The molecule has 0 radical (unpaired) electrons. The molecule has 2 atom stereocenters. The lowest BCUT2D eigenvalue weighted by atomic mass is 9.89. The minimum absolute atomic E-state index is 0.155. The Kier molecular flexibility index (Phi) is 5.55. The first-order valence-corrected chi connectivity index (χ1v) is 8.12. The molecular weight excluding hydrogens is 349 g/mol. The van der Waals surface area contributed by atoms with Crippen LogP contribution >= 0.6 is 39.1 Å². The van der Waals surface area contributed by atoms with Crippen molar-refractivity contribution in [1.29, 1.82) is 0 Å². The van der Waals surface area contributed by atoms with E-state index in [1.165, 1.54) is 19.3 Å². The van der Waals surface area contributed by atoms with Gasteiger partial charge in [-0.3, -0.25) is 4.79 Å². The summed E-state index contributed by atoms with van der Waals surface area (Å²) in [5.41, 5.74) is 0.441. The number of halogens is 3. The smallest absolute Gasteiger partial charge is 0.252 e. The molecule has 0 spiro atoms. The van der Waals surface area contributed by atoms with Gasteiger partial charge in [-0.05, 0) is 37.0 Å². The molecule has 1 aliphatic rings. The minimum Gasteiger partial charge on any atom is -0.352 e. The summed E-state index contributed by atoms with van der Waals surface area (Å²) in [4.78, 5) is 12.6. The van der Waals surface area contributed by atoms with Gasteiger partial charge in [-0.2, -0.15) is 0 Å². The van der Waals surface area contributed by atoms with Crippen LogP contribution in [0.3, 0.4) is 0 Å². The monoisotopic (exact) mass is 363 g/mol. The van der Waals surface area contributed by atoms with Crippen LogP contribution in [0.1, 0.15) is 36.0 Å². The van der Waals surface area contributed by atoms with Gasteiger partial charge in [0.25, 0.3) is 5.91 Å². The van der Waals surface area contributed by atoms with Gasteiger partial charge in [0.1, 0.15) is 0 Å². The van der Waals surface area contributed by atoms with Gasteiger partial charge in [0, 0.05) is 16.4 Å². The molecule has 19 heavy (non-hydrogen) atoms. The third-order valence-corrected chi connectivity index (χ3v) is 5.28. The second kappa shape index (κ2) is 6.96. The van der Waals surface area contributed by atoms with Gasteiger partial charge in [0.15, 0.2) is 0 Å². The fourth-order valence-electron chi connectivity index (χ4n) is 2.38. The highest BCUT2D eigenvalue weighted by atomic mass is 79.9. The zero-order valence-corrected chi connectivity index (χ0v) is 13.6. The molecule has 2 unspecified atom stereocenters. The highest BCUT2D eigenvalue weighted by molar-refractivity contribution is 9.09. The molecule has 1 aliphatic carbocycles. The highest BCUT2D eigenvalue weighted by Gasteiger charge is 2.23. The summed E-state index contributed by atoms with van der Waals surface area (Å²) in [7, 11) is 0. The van der Waals surface area contributed by atoms with Gasteiger partial charge in [-0.25, -0.2) is 0 Å². The largest absolute Gasteiger partial charge is 0.352 e. The van der Waals surface area contributed by atoms with E-state index in [-0.39, 0.29) is 5.91 Å². The van der Waals surface area contributed by atoms with Crippen molar-refractivity contribution in [2.75, 3.05) is 6.54 Å². The number of benzene rings is 1. The quantitative estimate of drug-likeness (QED) is 0.775. The van der Waals surface area contributed by atoms with Gasteiger partial charge in [0.2, 0.25) is 0 Å². The van der Waals surface area contributed by atoms with E-state index >= 15 is 0 Å². The Morgan fingerprint density at radius 2 is 2.05 bits per heavy atom. The highest BCUT2D eigenvalue weighted by Crippen LogP contribution is 2.29. The summed E-state index contributed by atoms with van der Waals surface area (Å²) >= 11 is 15.6. The summed E-state index contributed by atoms with van der Waals surface area (Å²) in [6.45, 7) is 0.678. The predicted molar refractivity (Wildman–Crippen MR) is 83.5 cm³/mol. The topological polar surface area (TPSA) is 29.1 Å². The lowest BCUT2D eigenvalue weighted by Gasteiger charge is -2.27. The number of nitrogens with one attached hydrogen (secondary N) is 1. The number of hydrogen-bond acceptors (Lipinski definition) is 1. The summed E-state index contributed by atoms with van der Waals surface area (Å²) in [5.74, 6) is 0.341. The molecule has 0 aliphatic heterocycles. The van der Waals surface area contributed by atoms with Crippen LogP contribution in [0.15, 0.2) is 18.2 Å². The number of hydrogen-bond donors (Lipinski definition) is 1. The van der Waals surface area contributed by atoms with Crippen LogP contribution < -0.4 is 5.32 Å². The van der Waals surface area contributed by atoms with E-state index in [2.05, 4.69) is 21.2 Å². The van der Waals surface area contributed by atoms with E-state index in [1.54, 1.807) is 18.2 Å². The van der Waals surface area contributed by atoms with Gasteiger partial charge in [-0.1, -0.05) is 52.0 Å². The van der Waals surface area contributed by atoms with Gasteiger partial charge in [-0.15, -0.1) is 0 Å². The Morgan fingerprint density at radius 1 is 1.32 bits per heavy atom. The van der Waals surface area contributed by atoms with E-state index in [0.717, 1.165) is 6.42 Å². The average molecular weight is 365 g/mol. The van der Waals surface area contributed by atoms with Crippen molar-refractivity contribution in [3.05, 3.63) is 33.8 Å². The zero-order valence-electron chi connectivity index (χ0n) is 10.5. The van der Waals surface area contributed by atoms with E-state index in [9.17, 15) is 4.79 Å². The van der Waals surface area contributed by atoms with Crippen molar-refractivity contribution < 1.29 is 4.79 Å². The first-order valence-electron chi connectivity index (χ1n) is 6.45. The third kappa shape index (κ3) is 4.11. The zero-order chi connectivity index (χ0) is 13.8. The molecule has 1 fully saturated rings. The van der Waals surface area contributed by atoms with Crippen molar-refractivity contribution in [3.63, 3.8) is 0 Å². The van der Waals surface area contributed by atoms with Crippen LogP contribution in [-0.4, -0.2) is 17.3 Å². The molecule has 0 bridgehead atoms. The Bertz CT molecular complexity index is 467. The van der Waals surface area contributed by atoms with E-state index in [1.807, 2.05) is 0 Å². The van der Waals surface area contributed by atoms with Gasteiger partial charge < -0.3 is 5.32 Å². The number of amides is 1. The maximum absolute atomic E-state index is 12.1. The predicted octanol–water partition coefficient (Wildman–Crippen LogP) is 4.68. The Morgan fingerprint density at radius 3 is 2.79 bits per heavy atom. The van der Waals surface area contributed by atoms with Crippen molar-refractivity contribution in [3.8, 4) is 0 Å². The van der Waals surface area contributed by atoms with E-state index in [4.69, 9.17) is 23.2 Å². The number of carbonyl (C=O) groups is 1. The molecule has 1 aromatic carbocycles. The summed E-state index contributed by atoms with van der Waals surface area (Å²) in [6, 6.07) is 4.93. The molecule has 104 valence electrons. The van der Waals surface area contributed by atoms with Gasteiger partial charge >= 0.3 is 0 Å². The molecule has 2 rings (SSSR count). The molecule has 1 amide bonds. The van der Waals surface area contributed by atoms with Crippen LogP contribution in [0.5, 0.6) is 0 Å². The Hall–Kier alpha value is -0.250. The minimum atomic E-state index is -0.155. The summed E-state index contributed by atoms with van der Waals surface area (Å²) in [6.07, 6.45) is 4.83. The molecule has 5 heteroatoms. The second-order valence-corrected chi connectivity index (χ2v) is 6.91. The fourth-order valence-corrected chi connectivity index (χ4v) is 3.53. The number of carbonyl (C=O) groups excluding carboxylic acids is 1. The average Bonchev–Trinajstić information content (AvgIpc) is 2.40. The molecular formula is C14H16BrCl2NO. The SMILES string of the molecule is O=C(NCC1CCCCC1Br)c1cc(Cl)ccc1Cl. The molecule has 2 nitrogen and oxygen atoms in total. The second-order valence-electron chi connectivity index (χ2n) is 4.89. The molecule has 0 aromatic heterocycles. The van der Waals surface area contributed by atoms with Crippen molar-refractivity contribution in [2.45, 2.75) is 30.5 Å². The first-order chi connectivity index (χ1) is 9.08. The van der Waals surface area contributed by atoms with E-state index in [0.29, 0.717) is 32.9 Å². The van der Waals surface area contributed by atoms with Crippen molar-refractivity contribution in [1.82, 2.24) is 5.32 Å². The normalized spacial score (nSPS) is 23.1. The fraction of sp³-hybridized carbons (Fsp3) is 0.500. The Labute approximate surface area is 132 Å². The van der Waals surface area contributed by atoms with Gasteiger partial charge in [0.05, 0.1) is 10.6 Å². The number of rotatable bonds is 3. The summed E-state index contributed by atoms with van der Waals surface area (Å²) in [5, 5.41) is 3.91. The Balaban J connectivity index is 1.95. The van der Waals surface area contributed by atoms with Crippen LogP contribution in [0.4, 0.5) is 0 Å². The standard InChI is InChI=1S/C14H16BrCl2NO/c15-12-4-2-1-3-9(12)8-18-14(19)11-7-10(16)5-6-13(11)17/h5-7,9,12H,1-4,8H2,(H,18,19). The first kappa shape index (κ1) is 15.1. The van der Waals surface area contributed by atoms with Crippen LogP contribution in [0.25, 0.3) is 0 Å². The lowest BCUT2D eigenvalue weighted by molar-refractivity contribution is 0.0944. The maximum atomic E-state index is 12.1. The van der Waals surface area contributed by atoms with Crippen molar-refractivity contribution in [2.24, 2.45) is 5.92 Å².